The van der Waals surface area contributed by atoms with Gasteiger partial charge in [0.25, 0.3) is 0 Å². The number of rotatable bonds is 5. The van der Waals surface area contributed by atoms with E-state index in [1.54, 1.807) is 18.2 Å². The van der Waals surface area contributed by atoms with Gasteiger partial charge in [-0.2, -0.15) is 5.10 Å². The molecule has 0 aliphatic heterocycles. The monoisotopic (exact) mass is 329 g/mol. The zero-order chi connectivity index (χ0) is 14.4. The maximum atomic E-state index is 11.5. The van der Waals surface area contributed by atoms with E-state index in [1.165, 1.54) is 30.4 Å². The first-order valence-electron chi connectivity index (χ1n) is 5.44. The number of carbonyl (C=O) groups excluding carboxylic acids is 1. The third kappa shape index (κ3) is 4.56. The lowest BCUT2D eigenvalue weighted by Crippen LogP contribution is -2.19. The van der Waals surface area contributed by atoms with Gasteiger partial charge in [-0.1, -0.05) is 35.0 Å². The molecular formula is C12H9Cl2N3O2S. The smallest absolute Gasteiger partial charge is 0.250 e. The summed E-state index contributed by atoms with van der Waals surface area (Å²) in [4.78, 5) is 15.6. The van der Waals surface area contributed by atoms with E-state index in [1.807, 2.05) is 0 Å². The van der Waals surface area contributed by atoms with Crippen LogP contribution in [0, 0.1) is 0 Å². The Morgan fingerprint density at radius 3 is 3.05 bits per heavy atom. The molecule has 5 nitrogen and oxygen atoms in total. The molecule has 2 aromatic heterocycles. The molecule has 0 aliphatic rings. The van der Waals surface area contributed by atoms with E-state index in [2.05, 4.69) is 15.5 Å². The number of amides is 1. The molecule has 0 fully saturated rings. The fourth-order valence-electron chi connectivity index (χ4n) is 1.18. The van der Waals surface area contributed by atoms with Crippen LogP contribution in [0.3, 0.4) is 0 Å². The molecule has 104 valence electrons. The minimum atomic E-state index is -0.259. The summed E-state index contributed by atoms with van der Waals surface area (Å²) >= 11 is 12.8. The van der Waals surface area contributed by atoms with Gasteiger partial charge in [-0.05, 0) is 18.2 Å². The van der Waals surface area contributed by atoms with Crippen molar-refractivity contribution in [1.29, 1.82) is 0 Å². The van der Waals surface area contributed by atoms with Crippen LogP contribution >= 0.6 is 35.0 Å². The van der Waals surface area contributed by atoms with E-state index in [4.69, 9.17) is 27.6 Å². The zero-order valence-electron chi connectivity index (χ0n) is 10.0. The van der Waals surface area contributed by atoms with Gasteiger partial charge in [-0.3, -0.25) is 4.79 Å². The number of halogens is 2. The van der Waals surface area contributed by atoms with Crippen molar-refractivity contribution >= 4 is 47.1 Å². The van der Waals surface area contributed by atoms with Gasteiger partial charge in [-0.15, -0.1) is 0 Å². The molecule has 0 saturated carbocycles. The predicted molar refractivity (Wildman–Crippen MR) is 79.4 cm³/mol. The number of pyridine rings is 1. The van der Waals surface area contributed by atoms with Crippen LogP contribution in [-0.4, -0.2) is 22.9 Å². The number of furan rings is 1. The van der Waals surface area contributed by atoms with Crippen LogP contribution in [0.1, 0.15) is 5.76 Å². The maximum absolute atomic E-state index is 11.5. The van der Waals surface area contributed by atoms with Crippen LogP contribution in [-0.2, 0) is 4.79 Å². The normalized spacial score (nSPS) is 10.9. The molecule has 0 unspecified atom stereocenters. The first-order chi connectivity index (χ1) is 9.65. The molecule has 1 amide bonds. The van der Waals surface area contributed by atoms with E-state index < -0.39 is 0 Å². The number of hydrazone groups is 1. The number of aromatic nitrogens is 1. The Morgan fingerprint density at radius 2 is 2.35 bits per heavy atom. The summed E-state index contributed by atoms with van der Waals surface area (Å²) in [5.41, 5.74) is 2.38. The Bertz CT molecular complexity index is 617. The zero-order valence-corrected chi connectivity index (χ0v) is 12.4. The van der Waals surface area contributed by atoms with Crippen molar-refractivity contribution in [3.8, 4) is 0 Å². The van der Waals surface area contributed by atoms with Gasteiger partial charge in [0.15, 0.2) is 0 Å². The topological polar surface area (TPSA) is 67.5 Å². The first-order valence-corrected chi connectivity index (χ1v) is 7.18. The molecule has 2 aromatic rings. The van der Waals surface area contributed by atoms with Gasteiger partial charge in [0.05, 0.1) is 33.3 Å². The molecule has 0 radical (unpaired) electrons. The summed E-state index contributed by atoms with van der Waals surface area (Å²) in [5, 5.41) is 5.16. The summed E-state index contributed by atoms with van der Waals surface area (Å²) in [7, 11) is 0. The van der Waals surface area contributed by atoms with Gasteiger partial charge in [0, 0.05) is 6.20 Å². The van der Waals surface area contributed by atoms with E-state index in [-0.39, 0.29) is 11.7 Å². The Kier molecular flexibility index (Phi) is 5.46. The van der Waals surface area contributed by atoms with E-state index in [0.717, 1.165) is 0 Å². The fourth-order valence-corrected chi connectivity index (χ4v) is 2.17. The van der Waals surface area contributed by atoms with Crippen LogP contribution < -0.4 is 5.43 Å². The van der Waals surface area contributed by atoms with Crippen LogP contribution in [0.5, 0.6) is 0 Å². The molecule has 0 spiro atoms. The molecule has 0 aliphatic carbocycles. The highest BCUT2D eigenvalue weighted by Gasteiger charge is 2.05. The van der Waals surface area contributed by atoms with Crippen molar-refractivity contribution in [2.45, 2.75) is 5.03 Å². The maximum Gasteiger partial charge on any atom is 0.250 e. The average molecular weight is 330 g/mol. The van der Waals surface area contributed by atoms with Crippen LogP contribution in [0.4, 0.5) is 0 Å². The van der Waals surface area contributed by atoms with Gasteiger partial charge in [-0.25, -0.2) is 10.4 Å². The molecule has 0 atom stereocenters. The molecule has 0 aromatic carbocycles. The molecule has 0 saturated heterocycles. The minimum Gasteiger partial charge on any atom is -0.463 e. The van der Waals surface area contributed by atoms with Crippen molar-refractivity contribution in [3.63, 3.8) is 0 Å². The first kappa shape index (κ1) is 14.9. The molecule has 2 rings (SSSR count). The summed E-state index contributed by atoms with van der Waals surface area (Å²) in [6.45, 7) is 0. The molecule has 8 heteroatoms. The highest BCUT2D eigenvalue weighted by molar-refractivity contribution is 7.99. The number of nitrogens with zero attached hydrogens (tertiary/aromatic N) is 2. The average Bonchev–Trinajstić information content (AvgIpc) is 2.93. The molecule has 1 N–H and O–H groups in total. The van der Waals surface area contributed by atoms with Crippen molar-refractivity contribution < 1.29 is 9.21 Å². The minimum absolute atomic E-state index is 0.167. The highest BCUT2D eigenvalue weighted by atomic mass is 35.5. The summed E-state index contributed by atoms with van der Waals surface area (Å²) in [6, 6.07) is 5.06. The van der Waals surface area contributed by atoms with Crippen LogP contribution in [0.2, 0.25) is 10.0 Å². The number of hydrogen-bond acceptors (Lipinski definition) is 5. The van der Waals surface area contributed by atoms with Crippen molar-refractivity contribution in [2.24, 2.45) is 5.10 Å². The second-order valence-corrected chi connectivity index (χ2v) is 5.34. The number of hydrogen-bond donors (Lipinski definition) is 1. The second kappa shape index (κ2) is 7.33. The van der Waals surface area contributed by atoms with Gasteiger partial charge in [0.2, 0.25) is 5.91 Å². The highest BCUT2D eigenvalue weighted by Crippen LogP contribution is 2.25. The Labute approximate surface area is 129 Å². The largest absolute Gasteiger partial charge is 0.463 e. The molecule has 2 heterocycles. The molecule has 20 heavy (non-hydrogen) atoms. The van der Waals surface area contributed by atoms with Crippen molar-refractivity contribution in [2.75, 3.05) is 5.75 Å². The van der Waals surface area contributed by atoms with Gasteiger partial charge >= 0.3 is 0 Å². The number of carbonyl (C=O) groups is 1. The number of thioether (sulfide) groups is 1. The Hall–Kier alpha value is -1.50. The SMILES string of the molecule is O=C(CSc1cc(Cl)c(Cl)cn1)NN=Cc1ccco1. The number of nitrogens with one attached hydrogen (secondary N) is 1. The van der Waals surface area contributed by atoms with Crippen LogP contribution in [0.25, 0.3) is 0 Å². The fraction of sp³-hybridized carbons (Fsp3) is 0.0833. The lowest BCUT2D eigenvalue weighted by molar-refractivity contribution is -0.118. The van der Waals surface area contributed by atoms with Crippen molar-refractivity contribution in [1.82, 2.24) is 10.4 Å². The third-order valence-electron chi connectivity index (χ3n) is 2.06. The lowest BCUT2D eigenvalue weighted by Gasteiger charge is -2.01. The van der Waals surface area contributed by atoms with E-state index in [9.17, 15) is 4.79 Å². The lowest BCUT2D eigenvalue weighted by atomic mass is 10.5. The summed E-state index contributed by atoms with van der Waals surface area (Å²) in [5.74, 6) is 0.468. The Balaban J connectivity index is 1.78. The van der Waals surface area contributed by atoms with Crippen molar-refractivity contribution in [3.05, 3.63) is 46.5 Å². The van der Waals surface area contributed by atoms with E-state index in [0.29, 0.717) is 20.8 Å². The Morgan fingerprint density at radius 1 is 1.50 bits per heavy atom. The van der Waals surface area contributed by atoms with Gasteiger partial charge < -0.3 is 4.42 Å². The third-order valence-corrected chi connectivity index (χ3v) is 3.70. The van der Waals surface area contributed by atoms with E-state index >= 15 is 0 Å². The molecule has 0 bridgehead atoms. The molecular weight excluding hydrogens is 321 g/mol. The predicted octanol–water partition coefficient (Wildman–Crippen LogP) is 3.22. The quantitative estimate of drug-likeness (QED) is 0.519. The standard InChI is InChI=1S/C12H9Cl2N3O2S/c13-9-4-12(15-6-10(9)14)20-7-11(18)17-16-5-8-2-1-3-19-8/h1-6H,7H2,(H,17,18). The van der Waals surface area contributed by atoms with Crippen LogP contribution in [0.15, 0.2) is 45.2 Å². The summed E-state index contributed by atoms with van der Waals surface area (Å²) < 4.78 is 5.03. The van der Waals surface area contributed by atoms with Gasteiger partial charge in [0.1, 0.15) is 5.76 Å². The summed E-state index contributed by atoms with van der Waals surface area (Å²) in [6.07, 6.45) is 4.38. The second-order valence-electron chi connectivity index (χ2n) is 3.53.